The number of rotatable bonds is 2. The maximum atomic E-state index is 9.75. The monoisotopic (exact) mass is 316 g/mol. The molecule has 0 atom stereocenters. The molecule has 0 bridgehead atoms. The standard InChI is InChI=1S/C15H14.BF4.H2S/c1-2-6-12(7-3-1)14-8-4-5-9-15(14)13-10-11-13;2-1(3,4)5;/h1-9,13H,10-11H2;;1H2/q;-1;/p+1. The molecule has 0 heterocycles. The van der Waals surface area contributed by atoms with Crippen LogP contribution in [-0.4, -0.2) is 7.25 Å². The Kier molecular flexibility index (Phi) is 6.33. The Balaban J connectivity index is 0.000000559. The van der Waals surface area contributed by atoms with Crippen molar-refractivity contribution in [3.05, 3.63) is 60.2 Å². The van der Waals surface area contributed by atoms with Crippen LogP contribution in [0.3, 0.4) is 0 Å². The van der Waals surface area contributed by atoms with Gasteiger partial charge in [0.25, 0.3) is 0 Å². The number of hydrogen-bond acceptors (Lipinski definition) is 0. The van der Waals surface area contributed by atoms with Gasteiger partial charge in [0.1, 0.15) is 0 Å². The van der Waals surface area contributed by atoms with Crippen molar-refractivity contribution in [3.8, 4) is 11.1 Å². The first-order valence-corrected chi connectivity index (χ1v) is 6.47. The molecule has 1 saturated carbocycles. The minimum Gasteiger partial charge on any atom is -0.418 e. The van der Waals surface area contributed by atoms with Crippen LogP contribution in [0.25, 0.3) is 11.1 Å². The molecule has 0 radical (unpaired) electrons. The van der Waals surface area contributed by atoms with E-state index in [1.54, 1.807) is 0 Å². The third-order valence-corrected chi connectivity index (χ3v) is 3.06. The molecule has 114 valence electrons. The molecule has 2 aromatic carbocycles. The van der Waals surface area contributed by atoms with Gasteiger partial charge >= 0.3 is 8.68 Å². The molecular weight excluding hydrogens is 299 g/mol. The second-order valence-electron chi connectivity index (χ2n) is 4.72. The van der Waals surface area contributed by atoms with Crippen molar-refractivity contribution >= 4 is 20.8 Å². The lowest BCUT2D eigenvalue weighted by Gasteiger charge is -2.08. The molecule has 6 heteroatoms. The maximum absolute atomic E-state index is 9.75. The summed E-state index contributed by atoms with van der Waals surface area (Å²) in [7, 11) is -6.00. The Hall–Kier alpha value is -1.43. The largest absolute Gasteiger partial charge is 1.00 e. The molecule has 0 amide bonds. The van der Waals surface area contributed by atoms with Crippen LogP contribution in [0, 0.1) is 0 Å². The zero-order valence-electron chi connectivity index (χ0n) is 12.3. The molecule has 0 aromatic heterocycles. The summed E-state index contributed by atoms with van der Waals surface area (Å²) in [4.78, 5) is 0. The Morgan fingerprint density at radius 1 is 0.810 bits per heavy atom. The molecule has 0 N–H and O–H groups in total. The first-order chi connectivity index (χ1) is 9.45. The number of benzene rings is 2. The maximum Gasteiger partial charge on any atom is 1.00 e. The molecule has 0 aliphatic heterocycles. The fraction of sp³-hybridized carbons (Fsp3) is 0.200. The van der Waals surface area contributed by atoms with E-state index in [4.69, 9.17) is 0 Å². The topological polar surface area (TPSA) is 0 Å². The second kappa shape index (κ2) is 7.55. The molecule has 0 nitrogen and oxygen atoms in total. The van der Waals surface area contributed by atoms with Crippen LogP contribution < -0.4 is 0 Å². The van der Waals surface area contributed by atoms with Gasteiger partial charge in [-0.05, 0) is 35.4 Å². The molecule has 1 fully saturated rings. The fourth-order valence-corrected chi connectivity index (χ4v) is 2.13. The van der Waals surface area contributed by atoms with Crippen LogP contribution in [0.5, 0.6) is 0 Å². The lowest BCUT2D eigenvalue weighted by Crippen LogP contribution is -2.02. The minimum atomic E-state index is -6.00. The Labute approximate surface area is 130 Å². The summed E-state index contributed by atoms with van der Waals surface area (Å²) in [6, 6.07) is 19.5. The van der Waals surface area contributed by atoms with E-state index in [0.717, 1.165) is 5.92 Å². The summed E-state index contributed by atoms with van der Waals surface area (Å²) in [5.74, 6) is 0.821. The highest BCUT2D eigenvalue weighted by molar-refractivity contribution is 7.59. The summed E-state index contributed by atoms with van der Waals surface area (Å²) in [6.07, 6.45) is 2.73. The molecule has 0 unspecified atom stereocenters. The van der Waals surface area contributed by atoms with E-state index in [9.17, 15) is 17.3 Å². The molecule has 1 aliphatic rings. The molecule has 2 aromatic rings. The highest BCUT2D eigenvalue weighted by Gasteiger charge is 2.25. The average Bonchev–Trinajstić information content (AvgIpc) is 3.22. The molecule has 3 rings (SSSR count). The zero-order valence-corrected chi connectivity index (χ0v) is 12.3. The number of halogens is 4. The Bertz CT molecular complexity index is 553. The van der Waals surface area contributed by atoms with Crippen molar-refractivity contribution in [2.75, 3.05) is 0 Å². The SMILES string of the molecule is F[B-](F)(F)F.S.[H+].c1ccc(-c2ccccc2C2CC2)cc1. The van der Waals surface area contributed by atoms with Crippen LogP contribution in [0.2, 0.25) is 0 Å². The van der Waals surface area contributed by atoms with Gasteiger partial charge in [-0.1, -0.05) is 54.6 Å². The third kappa shape index (κ3) is 6.25. The predicted molar refractivity (Wildman–Crippen MR) is 85.5 cm³/mol. The first kappa shape index (κ1) is 17.6. The van der Waals surface area contributed by atoms with Gasteiger partial charge in [0.2, 0.25) is 0 Å². The predicted octanol–water partition coefficient (Wildman–Crippen LogP) is 5.76. The number of hydrogen-bond donors (Lipinski definition) is 0. The van der Waals surface area contributed by atoms with E-state index in [1.807, 2.05) is 0 Å². The third-order valence-electron chi connectivity index (χ3n) is 3.06. The molecule has 21 heavy (non-hydrogen) atoms. The van der Waals surface area contributed by atoms with Crippen molar-refractivity contribution in [2.45, 2.75) is 18.8 Å². The van der Waals surface area contributed by atoms with Crippen LogP contribution in [-0.2, 0) is 0 Å². The van der Waals surface area contributed by atoms with E-state index in [-0.39, 0.29) is 14.9 Å². The lowest BCUT2D eigenvalue weighted by atomic mass is 9.97. The lowest BCUT2D eigenvalue weighted by molar-refractivity contribution is 0.368. The van der Waals surface area contributed by atoms with Crippen molar-refractivity contribution in [1.29, 1.82) is 0 Å². The van der Waals surface area contributed by atoms with Crippen molar-refractivity contribution in [1.82, 2.24) is 0 Å². The van der Waals surface area contributed by atoms with Gasteiger partial charge in [-0.25, -0.2) is 0 Å². The fourth-order valence-electron chi connectivity index (χ4n) is 2.13. The Morgan fingerprint density at radius 3 is 1.81 bits per heavy atom. The normalized spacial score (nSPS) is 13.7. The summed E-state index contributed by atoms with van der Waals surface area (Å²) >= 11 is 0. The van der Waals surface area contributed by atoms with Crippen molar-refractivity contribution in [3.63, 3.8) is 0 Å². The van der Waals surface area contributed by atoms with E-state index in [0.29, 0.717) is 0 Å². The first-order valence-electron chi connectivity index (χ1n) is 6.47. The van der Waals surface area contributed by atoms with Gasteiger partial charge < -0.3 is 17.3 Å². The van der Waals surface area contributed by atoms with Crippen LogP contribution >= 0.6 is 13.5 Å². The summed E-state index contributed by atoms with van der Waals surface area (Å²) in [5, 5.41) is 0. The van der Waals surface area contributed by atoms with E-state index in [2.05, 4.69) is 54.6 Å². The molecule has 0 spiro atoms. The smallest absolute Gasteiger partial charge is 0.418 e. The van der Waals surface area contributed by atoms with Gasteiger partial charge in [-0.15, -0.1) is 0 Å². The van der Waals surface area contributed by atoms with Crippen molar-refractivity contribution < 1.29 is 18.7 Å². The second-order valence-corrected chi connectivity index (χ2v) is 4.72. The van der Waals surface area contributed by atoms with Crippen LogP contribution in [0.1, 0.15) is 25.7 Å². The van der Waals surface area contributed by atoms with Gasteiger partial charge in [0.05, 0.1) is 0 Å². The van der Waals surface area contributed by atoms with Crippen molar-refractivity contribution in [2.24, 2.45) is 0 Å². The van der Waals surface area contributed by atoms with E-state index in [1.165, 1.54) is 29.5 Å². The van der Waals surface area contributed by atoms with Gasteiger partial charge in [0.15, 0.2) is 0 Å². The van der Waals surface area contributed by atoms with Crippen LogP contribution in [0.4, 0.5) is 17.3 Å². The van der Waals surface area contributed by atoms with Crippen LogP contribution in [0.15, 0.2) is 54.6 Å². The molecular formula is C15H17BF4S. The molecule has 1 aliphatic carbocycles. The minimum absolute atomic E-state index is 0. The Morgan fingerprint density at radius 2 is 1.29 bits per heavy atom. The van der Waals surface area contributed by atoms with Gasteiger partial charge in [-0.2, -0.15) is 13.5 Å². The quantitative estimate of drug-likeness (QED) is 0.488. The summed E-state index contributed by atoms with van der Waals surface area (Å²) in [5.41, 5.74) is 4.30. The van der Waals surface area contributed by atoms with E-state index < -0.39 is 7.25 Å². The van der Waals surface area contributed by atoms with Gasteiger partial charge in [-0.3, -0.25) is 0 Å². The summed E-state index contributed by atoms with van der Waals surface area (Å²) in [6.45, 7) is 0. The average molecular weight is 316 g/mol. The molecule has 0 saturated heterocycles. The highest BCUT2D eigenvalue weighted by atomic mass is 32.1. The zero-order chi connectivity index (χ0) is 14.6. The van der Waals surface area contributed by atoms with E-state index >= 15 is 0 Å². The highest BCUT2D eigenvalue weighted by Crippen LogP contribution is 2.44. The summed E-state index contributed by atoms with van der Waals surface area (Å²) < 4.78 is 39.0. The van der Waals surface area contributed by atoms with Gasteiger partial charge in [0, 0.05) is 0 Å².